The fraction of sp³-hybridized carbons (Fsp3) is 0.263. The van der Waals surface area contributed by atoms with Gasteiger partial charge in [-0.2, -0.15) is 0 Å². The molecule has 5 nitrogen and oxygen atoms in total. The number of carbonyl (C=O) groups excluding carboxylic acids is 2. The summed E-state index contributed by atoms with van der Waals surface area (Å²) in [4.78, 5) is 24.1. The highest BCUT2D eigenvalue weighted by Crippen LogP contribution is 2.12. The quantitative estimate of drug-likeness (QED) is 0.764. The third-order valence-electron chi connectivity index (χ3n) is 3.30. The molecule has 0 saturated carbocycles. The van der Waals surface area contributed by atoms with Crippen LogP contribution in [0.1, 0.15) is 29.8 Å². The van der Waals surface area contributed by atoms with Gasteiger partial charge in [-0.05, 0) is 56.7 Å². The Labute approximate surface area is 142 Å². The average Bonchev–Trinajstić information content (AvgIpc) is 2.53. The van der Waals surface area contributed by atoms with Crippen LogP contribution in [-0.4, -0.2) is 24.4 Å². The Bertz CT molecular complexity index is 726. The number of rotatable bonds is 6. The number of aryl methyl sites for hydroxylation is 1. The van der Waals surface area contributed by atoms with E-state index < -0.39 is 0 Å². The average molecular weight is 325 g/mol. The molecule has 0 unspecified atom stereocenters. The highest BCUT2D eigenvalue weighted by Gasteiger charge is 2.09. The van der Waals surface area contributed by atoms with Gasteiger partial charge in [0.1, 0.15) is 0 Å². The Morgan fingerprint density at radius 2 is 1.71 bits per heavy atom. The zero-order valence-corrected chi connectivity index (χ0v) is 14.2. The minimum atomic E-state index is -0.169. The molecule has 3 N–H and O–H groups in total. The summed E-state index contributed by atoms with van der Waals surface area (Å²) in [6.45, 7) is 5.96. The lowest BCUT2D eigenvalue weighted by molar-refractivity contribution is -0.114. The first-order valence-electron chi connectivity index (χ1n) is 7.95. The van der Waals surface area contributed by atoms with Crippen LogP contribution >= 0.6 is 0 Å². The van der Waals surface area contributed by atoms with Gasteiger partial charge in [-0.15, -0.1) is 0 Å². The van der Waals surface area contributed by atoms with E-state index in [1.54, 1.807) is 24.3 Å². The van der Waals surface area contributed by atoms with Crippen molar-refractivity contribution in [2.75, 3.05) is 17.2 Å². The van der Waals surface area contributed by atoms with Gasteiger partial charge in [0, 0.05) is 23.0 Å². The first-order chi connectivity index (χ1) is 11.4. The van der Waals surface area contributed by atoms with E-state index in [2.05, 4.69) is 16.0 Å². The molecule has 126 valence electrons. The van der Waals surface area contributed by atoms with Crippen molar-refractivity contribution in [3.05, 3.63) is 59.7 Å². The molecule has 0 aliphatic rings. The van der Waals surface area contributed by atoms with E-state index in [1.165, 1.54) is 0 Å². The van der Waals surface area contributed by atoms with Crippen molar-refractivity contribution < 1.29 is 9.59 Å². The highest BCUT2D eigenvalue weighted by atomic mass is 16.2. The van der Waals surface area contributed by atoms with Gasteiger partial charge >= 0.3 is 0 Å². The number of benzene rings is 2. The fourth-order valence-electron chi connectivity index (χ4n) is 2.23. The van der Waals surface area contributed by atoms with Gasteiger partial charge in [0.05, 0.1) is 6.54 Å². The number of nitrogens with one attached hydrogen (secondary N) is 3. The molecule has 0 saturated heterocycles. The molecule has 0 fully saturated rings. The smallest absolute Gasteiger partial charge is 0.251 e. The second-order valence-electron chi connectivity index (χ2n) is 5.98. The third-order valence-corrected chi connectivity index (χ3v) is 3.30. The number of hydrogen-bond acceptors (Lipinski definition) is 3. The molecule has 24 heavy (non-hydrogen) atoms. The summed E-state index contributed by atoms with van der Waals surface area (Å²) in [5, 5.41) is 8.70. The van der Waals surface area contributed by atoms with Crippen molar-refractivity contribution in [1.29, 1.82) is 0 Å². The summed E-state index contributed by atoms with van der Waals surface area (Å²) < 4.78 is 0. The van der Waals surface area contributed by atoms with Crippen LogP contribution in [0.5, 0.6) is 0 Å². The maximum atomic E-state index is 12.1. The second kappa shape index (κ2) is 8.15. The molecule has 0 spiro atoms. The minimum absolute atomic E-state index is 0.0641. The van der Waals surface area contributed by atoms with E-state index in [0.29, 0.717) is 11.3 Å². The monoisotopic (exact) mass is 325 g/mol. The summed E-state index contributed by atoms with van der Waals surface area (Å²) in [6.07, 6.45) is 0. The SMILES string of the molecule is Cc1cccc(NCC(=O)Nc2cccc(C(=O)NC(C)C)c2)c1. The maximum absolute atomic E-state index is 12.1. The Morgan fingerprint density at radius 3 is 2.42 bits per heavy atom. The van der Waals surface area contributed by atoms with Crippen molar-refractivity contribution in [1.82, 2.24) is 5.32 Å². The van der Waals surface area contributed by atoms with Crippen LogP contribution in [-0.2, 0) is 4.79 Å². The van der Waals surface area contributed by atoms with Crippen LogP contribution in [0.4, 0.5) is 11.4 Å². The van der Waals surface area contributed by atoms with Crippen LogP contribution in [0.2, 0.25) is 0 Å². The van der Waals surface area contributed by atoms with Crippen molar-refractivity contribution in [2.24, 2.45) is 0 Å². The normalized spacial score (nSPS) is 10.3. The van der Waals surface area contributed by atoms with Crippen molar-refractivity contribution in [3.63, 3.8) is 0 Å². The zero-order chi connectivity index (χ0) is 17.5. The van der Waals surface area contributed by atoms with Crippen LogP contribution in [0.25, 0.3) is 0 Å². The predicted octanol–water partition coefficient (Wildman–Crippen LogP) is 3.18. The van der Waals surface area contributed by atoms with Gasteiger partial charge in [0.25, 0.3) is 5.91 Å². The van der Waals surface area contributed by atoms with Crippen molar-refractivity contribution >= 4 is 23.2 Å². The van der Waals surface area contributed by atoms with Crippen molar-refractivity contribution in [3.8, 4) is 0 Å². The molecule has 0 aromatic heterocycles. The standard InChI is InChI=1S/C19H23N3O2/c1-13(2)21-19(24)15-7-5-9-17(11-15)22-18(23)12-20-16-8-4-6-14(3)10-16/h4-11,13,20H,12H2,1-3H3,(H,21,24)(H,22,23). The fourth-order valence-corrected chi connectivity index (χ4v) is 2.23. The largest absolute Gasteiger partial charge is 0.376 e. The maximum Gasteiger partial charge on any atom is 0.251 e. The first kappa shape index (κ1) is 17.5. The Balaban J connectivity index is 1.93. The molecule has 2 aromatic carbocycles. The van der Waals surface area contributed by atoms with Crippen LogP contribution in [0.15, 0.2) is 48.5 Å². The number of carbonyl (C=O) groups is 2. The summed E-state index contributed by atoms with van der Waals surface area (Å²) in [5.41, 5.74) is 3.15. The predicted molar refractivity (Wildman–Crippen MR) is 97.3 cm³/mol. The van der Waals surface area contributed by atoms with Crippen LogP contribution < -0.4 is 16.0 Å². The van der Waals surface area contributed by atoms with E-state index in [4.69, 9.17) is 0 Å². The van der Waals surface area contributed by atoms with Crippen LogP contribution in [0, 0.1) is 6.92 Å². The number of anilines is 2. The Kier molecular flexibility index (Phi) is 5.95. The Morgan fingerprint density at radius 1 is 1.00 bits per heavy atom. The van der Waals surface area contributed by atoms with E-state index in [-0.39, 0.29) is 24.4 Å². The van der Waals surface area contributed by atoms with Gasteiger partial charge in [-0.3, -0.25) is 9.59 Å². The summed E-state index contributed by atoms with van der Waals surface area (Å²) in [6, 6.07) is 14.8. The highest BCUT2D eigenvalue weighted by molar-refractivity contribution is 5.98. The minimum Gasteiger partial charge on any atom is -0.376 e. The number of hydrogen-bond donors (Lipinski definition) is 3. The van der Waals surface area contributed by atoms with Gasteiger partial charge < -0.3 is 16.0 Å². The van der Waals surface area contributed by atoms with E-state index in [9.17, 15) is 9.59 Å². The van der Waals surface area contributed by atoms with Crippen molar-refractivity contribution in [2.45, 2.75) is 26.8 Å². The number of amides is 2. The second-order valence-corrected chi connectivity index (χ2v) is 5.98. The summed E-state index contributed by atoms with van der Waals surface area (Å²) >= 11 is 0. The zero-order valence-electron chi connectivity index (χ0n) is 14.2. The first-order valence-corrected chi connectivity index (χ1v) is 7.95. The van der Waals surface area contributed by atoms with Gasteiger partial charge in [-0.1, -0.05) is 18.2 Å². The van der Waals surface area contributed by atoms with E-state index >= 15 is 0 Å². The topological polar surface area (TPSA) is 70.2 Å². The van der Waals surface area contributed by atoms with Gasteiger partial charge in [0.15, 0.2) is 0 Å². The van der Waals surface area contributed by atoms with E-state index in [1.807, 2.05) is 45.0 Å². The lowest BCUT2D eigenvalue weighted by atomic mass is 10.1. The molecule has 2 aromatic rings. The molecule has 0 aliphatic carbocycles. The summed E-state index contributed by atoms with van der Waals surface area (Å²) in [5.74, 6) is -0.322. The molecular formula is C19H23N3O2. The molecule has 0 bridgehead atoms. The molecule has 0 atom stereocenters. The van der Waals surface area contributed by atoms with Gasteiger partial charge in [-0.25, -0.2) is 0 Å². The third kappa shape index (κ3) is 5.43. The molecule has 0 heterocycles. The summed E-state index contributed by atoms with van der Waals surface area (Å²) in [7, 11) is 0. The van der Waals surface area contributed by atoms with Crippen LogP contribution in [0.3, 0.4) is 0 Å². The molecule has 0 aliphatic heterocycles. The molecular weight excluding hydrogens is 302 g/mol. The van der Waals surface area contributed by atoms with Gasteiger partial charge in [0.2, 0.25) is 5.91 Å². The molecule has 2 amide bonds. The molecule has 2 rings (SSSR count). The lowest BCUT2D eigenvalue weighted by Gasteiger charge is -2.11. The Hall–Kier alpha value is -2.82. The lowest BCUT2D eigenvalue weighted by Crippen LogP contribution is -2.30. The molecule has 0 radical (unpaired) electrons. The van der Waals surface area contributed by atoms with E-state index in [0.717, 1.165) is 11.3 Å². The molecule has 5 heteroatoms.